The Morgan fingerprint density at radius 3 is 2.74 bits per heavy atom. The second-order valence-electron chi connectivity index (χ2n) is 5.14. The number of aryl methyl sites for hydroxylation is 1. The quantitative estimate of drug-likeness (QED) is 0.838. The second kappa shape index (κ2) is 7.06. The van der Waals surface area contributed by atoms with E-state index in [0.29, 0.717) is 0 Å². The molecule has 1 heterocycles. The maximum absolute atomic E-state index is 11.5. The molecule has 1 saturated heterocycles. The Bertz CT molecular complexity index is 438. The molecule has 0 saturated carbocycles. The Hall–Kier alpha value is -0.870. The van der Waals surface area contributed by atoms with Crippen molar-refractivity contribution in [3.63, 3.8) is 0 Å². The minimum absolute atomic E-state index is 0.610. The standard InChI is InChI=1S/C15H24N2OS/c1-3-6-16-12-14-11-13(2)4-5-15(14)17-7-9-19(18)10-8-17/h4-5,11,16H,3,6-10,12H2,1-2H3. The molecule has 1 fully saturated rings. The smallest absolute Gasteiger partial charge is 0.0412 e. The lowest BCUT2D eigenvalue weighted by molar-refractivity contribution is 0.665. The van der Waals surface area contributed by atoms with Crippen LogP contribution in [0.3, 0.4) is 0 Å². The van der Waals surface area contributed by atoms with Crippen molar-refractivity contribution >= 4 is 16.5 Å². The van der Waals surface area contributed by atoms with Gasteiger partial charge in [0.2, 0.25) is 0 Å². The largest absolute Gasteiger partial charge is 0.369 e. The molecular weight excluding hydrogens is 256 g/mol. The molecule has 1 N–H and O–H groups in total. The van der Waals surface area contributed by atoms with Crippen LogP contribution in [0.15, 0.2) is 18.2 Å². The molecule has 0 bridgehead atoms. The van der Waals surface area contributed by atoms with Crippen molar-refractivity contribution < 1.29 is 4.21 Å². The predicted molar refractivity (Wildman–Crippen MR) is 83.3 cm³/mol. The second-order valence-corrected chi connectivity index (χ2v) is 6.84. The van der Waals surface area contributed by atoms with Gasteiger partial charge in [0.25, 0.3) is 0 Å². The Morgan fingerprint density at radius 2 is 2.05 bits per heavy atom. The van der Waals surface area contributed by atoms with E-state index in [1.165, 1.54) is 16.8 Å². The van der Waals surface area contributed by atoms with Gasteiger partial charge in [-0.25, -0.2) is 0 Å². The van der Waals surface area contributed by atoms with E-state index in [-0.39, 0.29) is 0 Å². The first-order valence-electron chi connectivity index (χ1n) is 7.11. The van der Waals surface area contributed by atoms with Crippen LogP contribution < -0.4 is 10.2 Å². The fourth-order valence-electron chi connectivity index (χ4n) is 2.44. The Morgan fingerprint density at radius 1 is 1.32 bits per heavy atom. The van der Waals surface area contributed by atoms with Gasteiger partial charge in [0.1, 0.15) is 0 Å². The number of nitrogens with zero attached hydrogens (tertiary/aromatic N) is 1. The normalized spacial score (nSPS) is 16.8. The molecule has 0 atom stereocenters. The summed E-state index contributed by atoms with van der Waals surface area (Å²) in [4.78, 5) is 2.38. The van der Waals surface area contributed by atoms with Crippen molar-refractivity contribution in [2.24, 2.45) is 0 Å². The zero-order chi connectivity index (χ0) is 13.7. The molecule has 1 aliphatic heterocycles. The van der Waals surface area contributed by atoms with Crippen LogP contribution in [0.25, 0.3) is 0 Å². The van der Waals surface area contributed by atoms with Gasteiger partial charge in [0.05, 0.1) is 0 Å². The highest BCUT2D eigenvalue weighted by Crippen LogP contribution is 2.23. The highest BCUT2D eigenvalue weighted by Gasteiger charge is 2.17. The van der Waals surface area contributed by atoms with Gasteiger partial charge in [-0.05, 0) is 31.5 Å². The number of hydrogen-bond donors (Lipinski definition) is 1. The zero-order valence-corrected chi connectivity index (χ0v) is 12.8. The number of anilines is 1. The van der Waals surface area contributed by atoms with Crippen molar-refractivity contribution in [1.29, 1.82) is 0 Å². The minimum atomic E-state index is -0.610. The average Bonchev–Trinajstić information content (AvgIpc) is 2.41. The molecule has 0 aromatic heterocycles. The van der Waals surface area contributed by atoms with E-state index in [1.807, 2.05) is 0 Å². The average molecular weight is 280 g/mol. The van der Waals surface area contributed by atoms with E-state index < -0.39 is 10.8 Å². The van der Waals surface area contributed by atoms with E-state index in [9.17, 15) is 4.21 Å². The van der Waals surface area contributed by atoms with Crippen molar-refractivity contribution in [3.8, 4) is 0 Å². The molecule has 3 nitrogen and oxygen atoms in total. The molecule has 0 radical (unpaired) electrons. The van der Waals surface area contributed by atoms with E-state index in [0.717, 1.165) is 44.1 Å². The lowest BCUT2D eigenvalue weighted by Gasteiger charge is -2.30. The SMILES string of the molecule is CCCNCc1cc(C)ccc1N1CCS(=O)CC1. The maximum Gasteiger partial charge on any atom is 0.0412 e. The van der Waals surface area contributed by atoms with Crippen LogP contribution >= 0.6 is 0 Å². The third-order valence-corrected chi connectivity index (χ3v) is 4.77. The molecule has 106 valence electrons. The Balaban J connectivity index is 2.11. The molecule has 1 aliphatic rings. The number of benzene rings is 1. The van der Waals surface area contributed by atoms with Gasteiger partial charge < -0.3 is 10.2 Å². The minimum Gasteiger partial charge on any atom is -0.369 e. The van der Waals surface area contributed by atoms with Gasteiger partial charge in [-0.3, -0.25) is 4.21 Å². The summed E-state index contributed by atoms with van der Waals surface area (Å²) in [6.07, 6.45) is 1.16. The monoisotopic (exact) mass is 280 g/mol. The first-order chi connectivity index (χ1) is 9.20. The summed E-state index contributed by atoms with van der Waals surface area (Å²) in [6, 6.07) is 6.65. The summed E-state index contributed by atoms with van der Waals surface area (Å²) >= 11 is 0. The highest BCUT2D eigenvalue weighted by atomic mass is 32.2. The molecule has 0 amide bonds. The molecular formula is C15H24N2OS. The number of rotatable bonds is 5. The Kier molecular flexibility index (Phi) is 5.40. The van der Waals surface area contributed by atoms with Crippen molar-refractivity contribution in [2.45, 2.75) is 26.8 Å². The lowest BCUT2D eigenvalue weighted by Crippen LogP contribution is -2.38. The molecule has 0 unspecified atom stereocenters. The van der Waals surface area contributed by atoms with Crippen LogP contribution in [0.2, 0.25) is 0 Å². The van der Waals surface area contributed by atoms with Crippen LogP contribution in [0.4, 0.5) is 5.69 Å². The molecule has 2 rings (SSSR count). The van der Waals surface area contributed by atoms with E-state index in [1.54, 1.807) is 0 Å². The maximum atomic E-state index is 11.5. The molecule has 1 aromatic rings. The van der Waals surface area contributed by atoms with Gasteiger partial charge in [-0.1, -0.05) is 24.6 Å². The Labute approximate surface area is 118 Å². The van der Waals surface area contributed by atoms with E-state index in [2.05, 4.69) is 42.3 Å². The van der Waals surface area contributed by atoms with Crippen LogP contribution in [0, 0.1) is 6.92 Å². The van der Waals surface area contributed by atoms with Gasteiger partial charge >= 0.3 is 0 Å². The molecule has 0 spiro atoms. The van der Waals surface area contributed by atoms with Gasteiger partial charge in [-0.15, -0.1) is 0 Å². The van der Waals surface area contributed by atoms with Crippen LogP contribution in [-0.2, 0) is 17.3 Å². The van der Waals surface area contributed by atoms with Gasteiger partial charge in [-0.2, -0.15) is 0 Å². The summed E-state index contributed by atoms with van der Waals surface area (Å²) in [5, 5.41) is 3.48. The summed E-state index contributed by atoms with van der Waals surface area (Å²) < 4.78 is 11.5. The van der Waals surface area contributed by atoms with E-state index >= 15 is 0 Å². The summed E-state index contributed by atoms with van der Waals surface area (Å²) in [6.45, 7) is 8.12. The molecule has 19 heavy (non-hydrogen) atoms. The molecule has 1 aromatic carbocycles. The fourth-order valence-corrected chi connectivity index (χ4v) is 3.50. The van der Waals surface area contributed by atoms with Crippen molar-refractivity contribution in [3.05, 3.63) is 29.3 Å². The van der Waals surface area contributed by atoms with Crippen molar-refractivity contribution in [1.82, 2.24) is 5.32 Å². The topological polar surface area (TPSA) is 32.3 Å². The first kappa shape index (κ1) is 14.5. The lowest BCUT2D eigenvalue weighted by atomic mass is 10.1. The van der Waals surface area contributed by atoms with Crippen molar-refractivity contribution in [2.75, 3.05) is 36.0 Å². The van der Waals surface area contributed by atoms with Crippen LogP contribution in [-0.4, -0.2) is 35.3 Å². The van der Waals surface area contributed by atoms with Gasteiger partial charge in [0, 0.05) is 47.6 Å². The molecule has 0 aliphatic carbocycles. The molecule has 4 heteroatoms. The zero-order valence-electron chi connectivity index (χ0n) is 11.9. The number of hydrogen-bond acceptors (Lipinski definition) is 3. The van der Waals surface area contributed by atoms with Crippen LogP contribution in [0.1, 0.15) is 24.5 Å². The third kappa shape index (κ3) is 4.05. The number of nitrogens with one attached hydrogen (secondary N) is 1. The summed E-state index contributed by atoms with van der Waals surface area (Å²) in [5.41, 5.74) is 3.98. The first-order valence-corrected chi connectivity index (χ1v) is 8.59. The van der Waals surface area contributed by atoms with E-state index in [4.69, 9.17) is 0 Å². The predicted octanol–water partition coefficient (Wildman–Crippen LogP) is 2.06. The highest BCUT2D eigenvalue weighted by molar-refractivity contribution is 7.85. The third-order valence-electron chi connectivity index (χ3n) is 3.50. The summed E-state index contributed by atoms with van der Waals surface area (Å²) in [7, 11) is -0.610. The van der Waals surface area contributed by atoms with Gasteiger partial charge in [0.15, 0.2) is 0 Å². The van der Waals surface area contributed by atoms with Crippen LogP contribution in [0.5, 0.6) is 0 Å². The fraction of sp³-hybridized carbons (Fsp3) is 0.600. The summed E-state index contributed by atoms with van der Waals surface area (Å²) in [5.74, 6) is 1.60.